The predicted molar refractivity (Wildman–Crippen MR) is 119 cm³/mol. The van der Waals surface area contributed by atoms with Crippen LogP contribution in [-0.4, -0.2) is 42.7 Å². The summed E-state index contributed by atoms with van der Waals surface area (Å²) in [6.45, 7) is -0.493. The Bertz CT molecular complexity index is 964. The third kappa shape index (κ3) is 3.84. The highest BCUT2D eigenvalue weighted by molar-refractivity contribution is 6.08. The summed E-state index contributed by atoms with van der Waals surface area (Å²) >= 11 is 0. The number of methoxy groups -OCH3 is 1. The molecule has 5 nitrogen and oxygen atoms in total. The van der Waals surface area contributed by atoms with Gasteiger partial charge in [-0.05, 0) is 67.6 Å². The molecular weight excluding hydrogens is 431 g/mol. The maximum Gasteiger partial charge on any atom is 0.390 e. The number of hydrogen-bond acceptors (Lipinski definition) is 4. The fourth-order valence-electron chi connectivity index (χ4n) is 6.30. The molecule has 3 aliphatic carbocycles. The number of aliphatic imine (C=N–C) groups is 1. The Morgan fingerprint density at radius 2 is 1.94 bits per heavy atom. The number of rotatable bonds is 6. The monoisotopic (exact) mass is 463 g/mol. The Balaban J connectivity index is 1.53. The standard InChI is InChI=1S/C25H32F3N3O2/c1-33-19-8-10-23(11-9-19)15-18-7-6-17(5-4-16-2-3-16)14-20(18)25(23)21(32)31(22(29)30-25)13-12-24(26,27)28/h6-7,14,16,19H,2-5,8-13,15H2,1H3,(H2,29,30). The molecule has 0 bridgehead atoms. The molecule has 5 rings (SSSR count). The van der Waals surface area contributed by atoms with Crippen molar-refractivity contribution in [1.82, 2.24) is 4.90 Å². The molecule has 1 aromatic carbocycles. The molecule has 8 heteroatoms. The topological polar surface area (TPSA) is 67.9 Å². The maximum absolute atomic E-state index is 14.0. The number of halogens is 3. The third-order valence-electron chi connectivity index (χ3n) is 8.35. The van der Waals surface area contributed by atoms with Gasteiger partial charge in [-0.25, -0.2) is 4.99 Å². The number of fused-ring (bicyclic) bond motifs is 3. The van der Waals surface area contributed by atoms with Crippen LogP contribution in [0.1, 0.15) is 68.1 Å². The van der Waals surface area contributed by atoms with Gasteiger partial charge in [0.25, 0.3) is 5.91 Å². The lowest BCUT2D eigenvalue weighted by Crippen LogP contribution is -2.52. The molecule has 180 valence electrons. The van der Waals surface area contributed by atoms with E-state index in [1.807, 2.05) is 0 Å². The molecular formula is C25H32F3N3O2. The normalized spacial score (nSPS) is 31.5. The lowest BCUT2D eigenvalue weighted by atomic mass is 9.61. The molecule has 1 atom stereocenters. The van der Waals surface area contributed by atoms with Crippen molar-refractivity contribution in [1.29, 1.82) is 0 Å². The van der Waals surface area contributed by atoms with Crippen molar-refractivity contribution >= 4 is 11.9 Å². The van der Waals surface area contributed by atoms with Gasteiger partial charge in [0, 0.05) is 19.1 Å². The van der Waals surface area contributed by atoms with E-state index in [1.165, 1.54) is 12.8 Å². The van der Waals surface area contributed by atoms with Gasteiger partial charge in [0.05, 0.1) is 12.5 Å². The van der Waals surface area contributed by atoms with Gasteiger partial charge in [-0.1, -0.05) is 31.0 Å². The van der Waals surface area contributed by atoms with Crippen LogP contribution in [0.3, 0.4) is 0 Å². The Kier molecular flexibility index (Phi) is 5.50. The summed E-state index contributed by atoms with van der Waals surface area (Å²) in [5.41, 5.74) is 7.55. The second kappa shape index (κ2) is 8.00. The zero-order valence-corrected chi connectivity index (χ0v) is 19.1. The fraction of sp³-hybridized carbons (Fsp3) is 0.680. The molecule has 1 aromatic rings. The minimum absolute atomic E-state index is 0.0891. The number of nitrogens with two attached hydrogens (primary N) is 1. The number of guanidine groups is 1. The maximum atomic E-state index is 14.0. The third-order valence-corrected chi connectivity index (χ3v) is 8.35. The minimum Gasteiger partial charge on any atom is -0.381 e. The van der Waals surface area contributed by atoms with Crippen LogP contribution in [0.25, 0.3) is 0 Å². The van der Waals surface area contributed by atoms with E-state index in [0.717, 1.165) is 66.0 Å². The molecule has 0 saturated heterocycles. The van der Waals surface area contributed by atoms with E-state index in [0.29, 0.717) is 6.42 Å². The van der Waals surface area contributed by atoms with Crippen LogP contribution in [0.4, 0.5) is 13.2 Å². The van der Waals surface area contributed by atoms with Gasteiger partial charge in [0.15, 0.2) is 11.5 Å². The van der Waals surface area contributed by atoms with Crippen molar-refractivity contribution < 1.29 is 22.7 Å². The number of benzene rings is 1. The lowest BCUT2D eigenvalue weighted by molar-refractivity contribution is -0.146. The van der Waals surface area contributed by atoms with Crippen molar-refractivity contribution in [2.24, 2.45) is 22.1 Å². The van der Waals surface area contributed by atoms with Crippen LogP contribution in [0.5, 0.6) is 0 Å². The number of aryl methyl sites for hydroxylation is 1. The smallest absolute Gasteiger partial charge is 0.381 e. The minimum atomic E-state index is -4.37. The summed E-state index contributed by atoms with van der Waals surface area (Å²) in [7, 11) is 1.70. The zero-order chi connectivity index (χ0) is 23.4. The summed E-state index contributed by atoms with van der Waals surface area (Å²) < 4.78 is 44.5. The molecule has 2 N–H and O–H groups in total. The first-order valence-corrected chi connectivity index (χ1v) is 12.1. The van der Waals surface area contributed by atoms with Crippen molar-refractivity contribution in [3.05, 3.63) is 34.9 Å². The van der Waals surface area contributed by atoms with Crippen molar-refractivity contribution in [3.8, 4) is 0 Å². The first-order chi connectivity index (χ1) is 15.7. The highest BCUT2D eigenvalue weighted by atomic mass is 19.4. The van der Waals surface area contributed by atoms with E-state index in [9.17, 15) is 18.0 Å². The summed E-state index contributed by atoms with van der Waals surface area (Å²) in [5, 5.41) is 0. The molecule has 1 amide bonds. The highest BCUT2D eigenvalue weighted by Gasteiger charge is 2.66. The molecule has 2 spiro atoms. The predicted octanol–water partition coefficient (Wildman–Crippen LogP) is 4.47. The molecule has 2 saturated carbocycles. The molecule has 2 fully saturated rings. The first kappa shape index (κ1) is 22.7. The molecule has 1 unspecified atom stereocenters. The molecule has 33 heavy (non-hydrogen) atoms. The van der Waals surface area contributed by atoms with Crippen LogP contribution < -0.4 is 5.73 Å². The quantitative estimate of drug-likeness (QED) is 0.677. The Morgan fingerprint density at radius 1 is 1.21 bits per heavy atom. The summed E-state index contributed by atoms with van der Waals surface area (Å²) in [5.74, 6) is 0.314. The summed E-state index contributed by atoms with van der Waals surface area (Å²) in [6, 6.07) is 6.34. The molecule has 0 radical (unpaired) electrons. The summed E-state index contributed by atoms with van der Waals surface area (Å²) in [6.07, 6.45) is 3.05. The van der Waals surface area contributed by atoms with Crippen LogP contribution in [0, 0.1) is 11.3 Å². The molecule has 0 aromatic heterocycles. The van der Waals surface area contributed by atoms with Crippen molar-refractivity contribution in [3.63, 3.8) is 0 Å². The number of carbonyl (C=O) groups excluding carboxylic acids is 1. The summed E-state index contributed by atoms with van der Waals surface area (Å²) in [4.78, 5) is 19.8. The van der Waals surface area contributed by atoms with Crippen LogP contribution in [0.15, 0.2) is 23.2 Å². The van der Waals surface area contributed by atoms with E-state index < -0.39 is 36.0 Å². The largest absolute Gasteiger partial charge is 0.390 e. The van der Waals surface area contributed by atoms with E-state index >= 15 is 0 Å². The van der Waals surface area contributed by atoms with Gasteiger partial charge in [-0.3, -0.25) is 9.69 Å². The van der Waals surface area contributed by atoms with Gasteiger partial charge >= 0.3 is 6.18 Å². The van der Waals surface area contributed by atoms with Gasteiger partial charge < -0.3 is 10.5 Å². The highest BCUT2D eigenvalue weighted by Crippen LogP contribution is 2.62. The van der Waals surface area contributed by atoms with Crippen molar-refractivity contribution in [2.45, 2.75) is 82.0 Å². The Morgan fingerprint density at radius 3 is 2.58 bits per heavy atom. The Labute approximate surface area is 192 Å². The number of ether oxygens (including phenoxy) is 1. The van der Waals surface area contributed by atoms with Gasteiger partial charge in [-0.2, -0.15) is 13.2 Å². The van der Waals surface area contributed by atoms with E-state index in [-0.39, 0.29) is 12.1 Å². The van der Waals surface area contributed by atoms with Crippen molar-refractivity contribution in [2.75, 3.05) is 13.7 Å². The average molecular weight is 464 g/mol. The molecule has 4 aliphatic rings. The number of carbonyl (C=O) groups is 1. The van der Waals surface area contributed by atoms with E-state index in [2.05, 4.69) is 18.2 Å². The van der Waals surface area contributed by atoms with Gasteiger partial charge in [0.1, 0.15) is 0 Å². The van der Waals surface area contributed by atoms with Gasteiger partial charge in [0.2, 0.25) is 0 Å². The zero-order valence-electron chi connectivity index (χ0n) is 19.1. The lowest BCUT2D eigenvalue weighted by Gasteiger charge is -2.45. The van der Waals surface area contributed by atoms with Crippen LogP contribution in [-0.2, 0) is 27.9 Å². The molecule has 1 heterocycles. The van der Waals surface area contributed by atoms with E-state index in [4.69, 9.17) is 15.5 Å². The van der Waals surface area contributed by atoms with Crippen LogP contribution in [0.2, 0.25) is 0 Å². The second-order valence-electron chi connectivity index (χ2n) is 10.4. The fourth-order valence-corrected chi connectivity index (χ4v) is 6.30. The number of amides is 1. The SMILES string of the molecule is COC1CCC2(CC1)Cc1ccc(CCC3CC3)cc1C21N=C(N)N(CCC(F)(F)F)C1=O. The van der Waals surface area contributed by atoms with Gasteiger partial charge in [-0.15, -0.1) is 0 Å². The first-order valence-electron chi connectivity index (χ1n) is 12.1. The van der Waals surface area contributed by atoms with E-state index in [1.54, 1.807) is 7.11 Å². The average Bonchev–Trinajstić information content (AvgIpc) is 3.52. The number of nitrogens with zero attached hydrogens (tertiary/aromatic N) is 2. The Hall–Kier alpha value is -2.09. The molecule has 1 aliphatic heterocycles. The van der Waals surface area contributed by atoms with Crippen LogP contribution >= 0.6 is 0 Å². The number of alkyl halides is 3. The second-order valence-corrected chi connectivity index (χ2v) is 10.4. The number of hydrogen-bond donors (Lipinski definition) is 1.